The highest BCUT2D eigenvalue weighted by Crippen LogP contribution is 2.19. The molecule has 0 bridgehead atoms. The van der Waals surface area contributed by atoms with E-state index in [9.17, 15) is 15.0 Å². The van der Waals surface area contributed by atoms with Crippen molar-refractivity contribution in [3.8, 4) is 0 Å². The van der Waals surface area contributed by atoms with E-state index in [4.69, 9.17) is 17.4 Å². The summed E-state index contributed by atoms with van der Waals surface area (Å²) in [5, 5.41) is 19.2. The summed E-state index contributed by atoms with van der Waals surface area (Å²) in [5.74, 6) is 1.03. The first-order chi connectivity index (χ1) is 6.48. The van der Waals surface area contributed by atoms with Gasteiger partial charge in [-0.2, -0.15) is 0 Å². The summed E-state index contributed by atoms with van der Waals surface area (Å²) in [6.07, 6.45) is 0. The molecule has 0 heterocycles. The maximum Gasteiger partial charge on any atom is 0.298 e. The number of halogens is 1. The van der Waals surface area contributed by atoms with Gasteiger partial charge in [-0.15, -0.1) is 0 Å². The Labute approximate surface area is 85.1 Å². The molecular formula is C8H9ClN2O3. The van der Waals surface area contributed by atoms with E-state index >= 15 is 0 Å². The van der Waals surface area contributed by atoms with Gasteiger partial charge in [0, 0.05) is 10.6 Å². The van der Waals surface area contributed by atoms with Crippen LogP contribution in [0.25, 0.3) is 0 Å². The molecule has 1 aromatic carbocycles. The molecule has 76 valence electrons. The van der Waals surface area contributed by atoms with Crippen LogP contribution in [0.4, 0.5) is 0 Å². The third kappa shape index (κ3) is 2.02. The van der Waals surface area contributed by atoms with Crippen molar-refractivity contribution < 1.29 is 15.0 Å². The average molecular weight is 217 g/mol. The minimum Gasteiger partial charge on any atom is -0.355 e. The topological polar surface area (TPSA) is 95.6 Å². The van der Waals surface area contributed by atoms with Crippen LogP contribution in [-0.4, -0.2) is 16.1 Å². The second-order valence-corrected chi connectivity index (χ2v) is 3.09. The number of aliphatic hydroxyl groups is 2. The van der Waals surface area contributed by atoms with Gasteiger partial charge in [-0.05, 0) is 12.1 Å². The van der Waals surface area contributed by atoms with Crippen LogP contribution in [0.15, 0.2) is 24.3 Å². The Morgan fingerprint density at radius 1 is 1.36 bits per heavy atom. The van der Waals surface area contributed by atoms with Crippen LogP contribution >= 0.6 is 11.6 Å². The highest BCUT2D eigenvalue weighted by Gasteiger charge is 2.34. The van der Waals surface area contributed by atoms with Crippen LogP contribution in [0.3, 0.4) is 0 Å². The number of carbonyl (C=O) groups is 1. The number of rotatable bonds is 2. The molecule has 1 aromatic rings. The molecule has 0 aliphatic heterocycles. The quantitative estimate of drug-likeness (QED) is 0.231. The zero-order chi connectivity index (χ0) is 10.8. The molecule has 0 aliphatic rings. The Balaban J connectivity index is 3.03. The molecule has 0 radical (unpaired) electrons. The van der Waals surface area contributed by atoms with Gasteiger partial charge in [0.05, 0.1) is 0 Å². The van der Waals surface area contributed by atoms with Gasteiger partial charge in [0.15, 0.2) is 0 Å². The van der Waals surface area contributed by atoms with Gasteiger partial charge in [-0.3, -0.25) is 10.2 Å². The Bertz CT molecular complexity index is 337. The molecule has 0 fully saturated rings. The number of hydrogen-bond donors (Lipinski definition) is 4. The zero-order valence-electron chi connectivity index (χ0n) is 7.07. The van der Waals surface area contributed by atoms with E-state index in [1.165, 1.54) is 24.3 Å². The van der Waals surface area contributed by atoms with Gasteiger partial charge in [0.25, 0.3) is 11.7 Å². The molecule has 5 N–H and O–H groups in total. The second-order valence-electron chi connectivity index (χ2n) is 2.65. The standard InChI is InChI=1S/C8H9ClN2O3/c9-6-3-1-5(2-4-6)8(13,14)7(12)11-10/h1-4,13-14H,10H2,(H,11,12). The van der Waals surface area contributed by atoms with E-state index < -0.39 is 11.7 Å². The van der Waals surface area contributed by atoms with Gasteiger partial charge >= 0.3 is 0 Å². The monoisotopic (exact) mass is 216 g/mol. The summed E-state index contributed by atoms with van der Waals surface area (Å²) in [6.45, 7) is 0. The summed E-state index contributed by atoms with van der Waals surface area (Å²) in [5.41, 5.74) is 1.64. The van der Waals surface area contributed by atoms with E-state index in [0.717, 1.165) is 0 Å². The number of carbonyl (C=O) groups excluding carboxylic acids is 1. The van der Waals surface area contributed by atoms with Crippen LogP contribution in [0.1, 0.15) is 5.56 Å². The van der Waals surface area contributed by atoms with Crippen LogP contribution in [0.5, 0.6) is 0 Å². The molecule has 0 spiro atoms. The van der Waals surface area contributed by atoms with Crippen LogP contribution < -0.4 is 11.3 Å². The predicted molar refractivity (Wildman–Crippen MR) is 49.9 cm³/mol. The first-order valence-corrected chi connectivity index (χ1v) is 4.08. The molecule has 6 heteroatoms. The lowest BCUT2D eigenvalue weighted by molar-refractivity contribution is -0.189. The van der Waals surface area contributed by atoms with Crippen molar-refractivity contribution in [1.29, 1.82) is 0 Å². The Kier molecular flexibility index (Phi) is 3.07. The Morgan fingerprint density at radius 3 is 2.29 bits per heavy atom. The van der Waals surface area contributed by atoms with Crippen molar-refractivity contribution in [2.75, 3.05) is 0 Å². The smallest absolute Gasteiger partial charge is 0.298 e. The van der Waals surface area contributed by atoms with E-state index in [1.54, 1.807) is 5.43 Å². The van der Waals surface area contributed by atoms with Crippen molar-refractivity contribution in [3.63, 3.8) is 0 Å². The number of amides is 1. The van der Waals surface area contributed by atoms with Gasteiger partial charge in [-0.25, -0.2) is 5.84 Å². The number of hydrogen-bond acceptors (Lipinski definition) is 4. The molecule has 0 saturated heterocycles. The van der Waals surface area contributed by atoms with E-state index in [1.807, 2.05) is 0 Å². The third-order valence-electron chi connectivity index (χ3n) is 1.69. The van der Waals surface area contributed by atoms with Gasteiger partial charge < -0.3 is 10.2 Å². The van der Waals surface area contributed by atoms with Gasteiger partial charge in [0.1, 0.15) is 0 Å². The average Bonchev–Trinajstić information content (AvgIpc) is 2.17. The van der Waals surface area contributed by atoms with E-state index in [-0.39, 0.29) is 5.56 Å². The molecule has 1 amide bonds. The molecule has 1 rings (SSSR count). The highest BCUT2D eigenvalue weighted by molar-refractivity contribution is 6.30. The minimum absolute atomic E-state index is 0.00940. The van der Waals surface area contributed by atoms with Crippen molar-refractivity contribution >= 4 is 17.5 Å². The normalized spacial score (nSPS) is 11.1. The maximum absolute atomic E-state index is 10.9. The van der Waals surface area contributed by atoms with E-state index in [0.29, 0.717) is 5.02 Å². The maximum atomic E-state index is 10.9. The van der Waals surface area contributed by atoms with Crippen molar-refractivity contribution in [1.82, 2.24) is 5.43 Å². The molecule has 0 unspecified atom stereocenters. The molecule has 14 heavy (non-hydrogen) atoms. The van der Waals surface area contributed by atoms with Crippen molar-refractivity contribution in [2.24, 2.45) is 5.84 Å². The second kappa shape index (κ2) is 3.93. The van der Waals surface area contributed by atoms with Crippen molar-refractivity contribution in [2.45, 2.75) is 5.79 Å². The Morgan fingerprint density at radius 2 is 1.86 bits per heavy atom. The summed E-state index contributed by atoms with van der Waals surface area (Å²) >= 11 is 5.59. The Hall–Kier alpha value is -1.14. The highest BCUT2D eigenvalue weighted by atomic mass is 35.5. The third-order valence-corrected chi connectivity index (χ3v) is 1.95. The summed E-state index contributed by atoms with van der Waals surface area (Å²) < 4.78 is 0. The summed E-state index contributed by atoms with van der Waals surface area (Å²) in [4.78, 5) is 10.9. The van der Waals surface area contributed by atoms with Crippen LogP contribution in [0.2, 0.25) is 5.02 Å². The predicted octanol–water partition coefficient (Wildman–Crippen LogP) is -0.533. The first kappa shape index (κ1) is 10.9. The van der Waals surface area contributed by atoms with E-state index in [2.05, 4.69) is 0 Å². The zero-order valence-corrected chi connectivity index (χ0v) is 7.82. The largest absolute Gasteiger partial charge is 0.355 e. The lowest BCUT2D eigenvalue weighted by Gasteiger charge is -2.19. The SMILES string of the molecule is NNC(=O)C(O)(O)c1ccc(Cl)cc1. The molecule has 5 nitrogen and oxygen atoms in total. The molecule has 0 saturated carbocycles. The molecular weight excluding hydrogens is 208 g/mol. The van der Waals surface area contributed by atoms with Crippen LogP contribution in [-0.2, 0) is 10.6 Å². The molecule has 0 atom stereocenters. The number of hydrazine groups is 1. The summed E-state index contributed by atoms with van der Waals surface area (Å²) in [6, 6.07) is 5.50. The van der Waals surface area contributed by atoms with Crippen LogP contribution in [0, 0.1) is 0 Å². The fraction of sp³-hybridized carbons (Fsp3) is 0.125. The fourth-order valence-corrected chi connectivity index (χ4v) is 1.04. The van der Waals surface area contributed by atoms with Gasteiger partial charge in [0.2, 0.25) is 0 Å². The minimum atomic E-state index is -2.64. The van der Waals surface area contributed by atoms with Crippen molar-refractivity contribution in [3.05, 3.63) is 34.9 Å². The summed E-state index contributed by atoms with van der Waals surface area (Å²) in [7, 11) is 0. The van der Waals surface area contributed by atoms with Gasteiger partial charge in [-0.1, -0.05) is 23.7 Å². The molecule has 0 aromatic heterocycles. The number of nitrogens with one attached hydrogen (secondary N) is 1. The lowest BCUT2D eigenvalue weighted by Crippen LogP contribution is -2.47. The first-order valence-electron chi connectivity index (χ1n) is 3.70. The number of benzene rings is 1. The molecule has 0 aliphatic carbocycles. The number of nitrogens with two attached hydrogens (primary N) is 1. The lowest BCUT2D eigenvalue weighted by atomic mass is 10.1. The fourth-order valence-electron chi connectivity index (χ4n) is 0.914.